The zero-order valence-corrected chi connectivity index (χ0v) is 10.6. The molecule has 0 aromatic rings. The first-order valence-electron chi connectivity index (χ1n) is 5.97. The fourth-order valence-corrected chi connectivity index (χ4v) is 1.33. The molecule has 0 atom stereocenters. The predicted octanol–water partition coefficient (Wildman–Crippen LogP) is 4.04. The Balaban J connectivity index is 2.50. The quantitative estimate of drug-likeness (QED) is 0.628. The molecule has 0 amide bonds. The van der Waals surface area contributed by atoms with E-state index in [1.54, 1.807) is 6.08 Å². The van der Waals surface area contributed by atoms with Crippen LogP contribution in [0.25, 0.3) is 0 Å². The Morgan fingerprint density at radius 2 is 1.81 bits per heavy atom. The third-order valence-electron chi connectivity index (χ3n) is 3.03. The van der Waals surface area contributed by atoms with Crippen LogP contribution in [0.4, 0.5) is 8.78 Å². The highest BCUT2D eigenvalue weighted by Crippen LogP contribution is 2.48. The van der Waals surface area contributed by atoms with Crippen molar-refractivity contribution in [2.24, 2.45) is 11.3 Å². The largest absolute Gasteiger partial charge is 0.378 e. The Morgan fingerprint density at radius 1 is 1.25 bits per heavy atom. The minimum absolute atomic E-state index is 0.109. The van der Waals surface area contributed by atoms with Gasteiger partial charge in [0.15, 0.2) is 0 Å². The number of allylic oxidation sites excluding steroid dienone is 1. The van der Waals surface area contributed by atoms with Gasteiger partial charge in [-0.15, -0.1) is 0 Å². The summed E-state index contributed by atoms with van der Waals surface area (Å²) in [5.74, 6) is -3.35. The van der Waals surface area contributed by atoms with Gasteiger partial charge in [0.1, 0.15) is 0 Å². The fraction of sp³-hybridized carbons (Fsp3) is 0.846. The van der Waals surface area contributed by atoms with Crippen LogP contribution in [-0.2, 0) is 4.74 Å². The summed E-state index contributed by atoms with van der Waals surface area (Å²) in [7, 11) is 0. The van der Waals surface area contributed by atoms with Gasteiger partial charge in [-0.05, 0) is 32.8 Å². The van der Waals surface area contributed by atoms with E-state index < -0.39 is 11.8 Å². The fourth-order valence-electron chi connectivity index (χ4n) is 1.33. The second kappa shape index (κ2) is 4.82. The molecule has 0 unspecified atom stereocenters. The molecular weight excluding hydrogens is 210 g/mol. The van der Waals surface area contributed by atoms with Crippen LogP contribution < -0.4 is 0 Å². The summed E-state index contributed by atoms with van der Waals surface area (Å²) < 4.78 is 32.3. The van der Waals surface area contributed by atoms with Crippen LogP contribution in [0.5, 0.6) is 0 Å². The zero-order chi connectivity index (χ0) is 12.4. The van der Waals surface area contributed by atoms with Crippen LogP contribution in [0.2, 0.25) is 0 Å². The summed E-state index contributed by atoms with van der Waals surface area (Å²) in [5.41, 5.74) is -0.109. The molecule has 0 aliphatic heterocycles. The predicted molar refractivity (Wildman–Crippen MR) is 61.7 cm³/mol. The zero-order valence-electron chi connectivity index (χ0n) is 10.6. The van der Waals surface area contributed by atoms with E-state index in [4.69, 9.17) is 4.74 Å². The van der Waals surface area contributed by atoms with Crippen molar-refractivity contribution in [1.82, 2.24) is 0 Å². The first-order valence-corrected chi connectivity index (χ1v) is 5.97. The molecule has 3 heteroatoms. The molecule has 0 aromatic carbocycles. The number of hydrogen-bond donors (Lipinski definition) is 0. The second-order valence-corrected chi connectivity index (χ2v) is 5.38. The highest BCUT2D eigenvalue weighted by Gasteiger charge is 2.42. The van der Waals surface area contributed by atoms with Crippen LogP contribution in [-0.4, -0.2) is 18.6 Å². The van der Waals surface area contributed by atoms with E-state index in [2.05, 4.69) is 0 Å². The molecule has 0 aromatic heterocycles. The molecule has 0 heterocycles. The average molecular weight is 232 g/mol. The van der Waals surface area contributed by atoms with E-state index in [-0.39, 0.29) is 11.5 Å². The van der Waals surface area contributed by atoms with Crippen molar-refractivity contribution in [3.63, 3.8) is 0 Å². The molecule has 0 spiro atoms. The summed E-state index contributed by atoms with van der Waals surface area (Å²) in [6.07, 6.45) is 4.81. The van der Waals surface area contributed by atoms with Crippen molar-refractivity contribution < 1.29 is 13.5 Å². The van der Waals surface area contributed by atoms with Crippen LogP contribution in [0.3, 0.4) is 0 Å². The van der Waals surface area contributed by atoms with Gasteiger partial charge in [-0.25, -0.2) is 8.78 Å². The molecule has 0 saturated heterocycles. The van der Waals surface area contributed by atoms with Crippen molar-refractivity contribution in [2.75, 3.05) is 6.61 Å². The Bertz CT molecular complexity index is 253. The average Bonchev–Trinajstić information content (AvgIpc) is 2.93. The lowest BCUT2D eigenvalue weighted by Gasteiger charge is -2.18. The van der Waals surface area contributed by atoms with Gasteiger partial charge >= 0.3 is 0 Å². The first-order chi connectivity index (χ1) is 7.27. The molecule has 1 aliphatic carbocycles. The molecule has 1 fully saturated rings. The van der Waals surface area contributed by atoms with E-state index in [0.717, 1.165) is 18.9 Å². The number of rotatable bonds is 6. The van der Waals surface area contributed by atoms with Crippen LogP contribution in [0.1, 0.15) is 40.5 Å². The lowest BCUT2D eigenvalue weighted by Crippen LogP contribution is -2.21. The van der Waals surface area contributed by atoms with Crippen molar-refractivity contribution >= 4 is 0 Å². The van der Waals surface area contributed by atoms with Gasteiger partial charge in [0.2, 0.25) is 0 Å². The van der Waals surface area contributed by atoms with Crippen LogP contribution in [0.15, 0.2) is 12.2 Å². The molecule has 1 rings (SSSR count). The molecule has 16 heavy (non-hydrogen) atoms. The number of halogens is 2. The molecule has 0 N–H and O–H groups in total. The van der Waals surface area contributed by atoms with Gasteiger partial charge in [0, 0.05) is 11.3 Å². The highest BCUT2D eigenvalue weighted by molar-refractivity contribution is 5.13. The monoisotopic (exact) mass is 232 g/mol. The van der Waals surface area contributed by atoms with Gasteiger partial charge in [-0.1, -0.05) is 19.9 Å². The number of alkyl halides is 2. The Morgan fingerprint density at radius 3 is 2.19 bits per heavy atom. The van der Waals surface area contributed by atoms with Crippen molar-refractivity contribution in [3.05, 3.63) is 12.2 Å². The maximum absolute atomic E-state index is 13.4. The van der Waals surface area contributed by atoms with Crippen molar-refractivity contribution in [2.45, 2.75) is 52.6 Å². The van der Waals surface area contributed by atoms with Gasteiger partial charge in [0.05, 0.1) is 12.7 Å². The van der Waals surface area contributed by atoms with Crippen LogP contribution in [0, 0.1) is 11.3 Å². The highest BCUT2D eigenvalue weighted by atomic mass is 19.3. The third kappa shape index (κ3) is 3.85. The van der Waals surface area contributed by atoms with E-state index in [1.807, 2.05) is 13.8 Å². The molecule has 1 aliphatic rings. The molecule has 1 saturated carbocycles. The van der Waals surface area contributed by atoms with Crippen molar-refractivity contribution in [1.29, 1.82) is 0 Å². The number of ether oxygens (including phenoxy) is 1. The molecule has 1 nitrogen and oxygen atoms in total. The molecule has 0 bridgehead atoms. The summed E-state index contributed by atoms with van der Waals surface area (Å²) in [4.78, 5) is 0. The standard InChI is InChI=1S/C13H22F2O/c1-10(2)13(14,15)8-7-12(5-6-12)9-16-11(3)4/h7-8,10-11H,5-6,9H2,1-4H3. The third-order valence-corrected chi connectivity index (χ3v) is 3.03. The van der Waals surface area contributed by atoms with Gasteiger partial charge < -0.3 is 4.74 Å². The molecule has 0 radical (unpaired) electrons. The maximum atomic E-state index is 13.4. The topological polar surface area (TPSA) is 9.23 Å². The normalized spacial score (nSPS) is 20.0. The lowest BCUT2D eigenvalue weighted by atomic mass is 10.0. The van der Waals surface area contributed by atoms with E-state index in [0.29, 0.717) is 6.61 Å². The summed E-state index contributed by atoms with van der Waals surface area (Å²) in [6, 6.07) is 0. The Kier molecular flexibility index (Phi) is 4.11. The molecule has 94 valence electrons. The van der Waals surface area contributed by atoms with Gasteiger partial charge in [-0.2, -0.15) is 0 Å². The lowest BCUT2D eigenvalue weighted by molar-refractivity contribution is 0.00464. The number of hydrogen-bond acceptors (Lipinski definition) is 1. The summed E-state index contributed by atoms with van der Waals surface area (Å²) >= 11 is 0. The van der Waals surface area contributed by atoms with Gasteiger partial charge in [-0.3, -0.25) is 0 Å². The van der Waals surface area contributed by atoms with E-state index in [9.17, 15) is 8.78 Å². The maximum Gasteiger partial charge on any atom is 0.268 e. The SMILES string of the molecule is CC(C)OCC1(C=CC(F)(F)C(C)C)CC1. The first kappa shape index (κ1) is 13.6. The van der Waals surface area contributed by atoms with Crippen molar-refractivity contribution in [3.8, 4) is 0 Å². The second-order valence-electron chi connectivity index (χ2n) is 5.38. The Labute approximate surface area is 96.9 Å². The minimum atomic E-state index is -2.70. The van der Waals surface area contributed by atoms with E-state index >= 15 is 0 Å². The smallest absolute Gasteiger partial charge is 0.268 e. The van der Waals surface area contributed by atoms with E-state index in [1.165, 1.54) is 13.8 Å². The summed E-state index contributed by atoms with van der Waals surface area (Å²) in [5, 5.41) is 0. The molecular formula is C13H22F2O. The minimum Gasteiger partial charge on any atom is -0.378 e. The summed E-state index contributed by atoms with van der Waals surface area (Å²) in [6.45, 7) is 7.56. The Hall–Kier alpha value is -0.440. The van der Waals surface area contributed by atoms with Crippen LogP contribution >= 0.6 is 0 Å². The van der Waals surface area contributed by atoms with Gasteiger partial charge in [0.25, 0.3) is 5.92 Å².